The van der Waals surface area contributed by atoms with Crippen LogP contribution in [0.3, 0.4) is 0 Å². The van der Waals surface area contributed by atoms with Crippen molar-refractivity contribution in [2.24, 2.45) is 0 Å². The molecule has 0 bridgehead atoms. The van der Waals surface area contributed by atoms with Gasteiger partial charge in [0.05, 0.1) is 18.5 Å². The monoisotopic (exact) mass is 291 g/mol. The lowest BCUT2D eigenvalue weighted by Crippen LogP contribution is -2.30. The first-order chi connectivity index (χ1) is 10.7. The van der Waals surface area contributed by atoms with Gasteiger partial charge in [-0.2, -0.15) is 10.5 Å². The van der Waals surface area contributed by atoms with Crippen LogP contribution in [0.2, 0.25) is 0 Å². The fourth-order valence-electron chi connectivity index (χ4n) is 1.82. The van der Waals surface area contributed by atoms with E-state index in [-0.39, 0.29) is 19.0 Å². The fraction of sp³-hybridized carbons (Fsp3) is 0.125. The van der Waals surface area contributed by atoms with Gasteiger partial charge in [-0.15, -0.1) is 0 Å². The van der Waals surface area contributed by atoms with E-state index in [1.807, 2.05) is 47.2 Å². The molecule has 1 aromatic carbocycles. The van der Waals surface area contributed by atoms with Crippen LogP contribution in [0.5, 0.6) is 0 Å². The van der Waals surface area contributed by atoms with Gasteiger partial charge in [0.25, 0.3) is 0 Å². The highest BCUT2D eigenvalue weighted by Gasteiger charge is 2.08. The summed E-state index contributed by atoms with van der Waals surface area (Å²) < 4.78 is 1.88. The Morgan fingerprint density at radius 2 is 1.91 bits per heavy atom. The lowest BCUT2D eigenvalue weighted by atomic mass is 10.2. The van der Waals surface area contributed by atoms with Gasteiger partial charge < -0.3 is 9.47 Å². The molecule has 0 fully saturated rings. The molecule has 22 heavy (non-hydrogen) atoms. The number of rotatable bonds is 5. The molecule has 0 aliphatic rings. The van der Waals surface area contributed by atoms with E-state index >= 15 is 0 Å². The zero-order valence-electron chi connectivity index (χ0n) is 11.8. The van der Waals surface area contributed by atoms with Crippen LogP contribution in [-0.2, 0) is 4.79 Å². The van der Waals surface area contributed by atoms with E-state index in [0.29, 0.717) is 0 Å². The second kappa shape index (κ2) is 7.41. The van der Waals surface area contributed by atoms with E-state index in [2.05, 4.69) is 4.98 Å². The molecule has 108 valence electrons. The molecule has 0 radical (unpaired) electrons. The summed E-state index contributed by atoms with van der Waals surface area (Å²) in [5, 5.41) is 17.3. The maximum atomic E-state index is 11.9. The minimum atomic E-state index is -0.359. The van der Waals surface area contributed by atoms with E-state index in [4.69, 9.17) is 10.5 Å². The topological polar surface area (TPSA) is 85.7 Å². The van der Waals surface area contributed by atoms with Crippen LogP contribution < -0.4 is 0 Å². The van der Waals surface area contributed by atoms with E-state index in [1.165, 1.54) is 11.0 Å². The number of hydrogen-bond donors (Lipinski definition) is 0. The molecular weight excluding hydrogens is 278 g/mol. The summed E-state index contributed by atoms with van der Waals surface area (Å²) in [4.78, 5) is 17.0. The highest BCUT2D eigenvalue weighted by atomic mass is 16.2. The smallest absolute Gasteiger partial charge is 0.248 e. The summed E-state index contributed by atoms with van der Waals surface area (Å²) in [6.07, 6.45) is 8.26. The predicted molar refractivity (Wildman–Crippen MR) is 80.4 cm³/mol. The van der Waals surface area contributed by atoms with Gasteiger partial charge in [-0.1, -0.05) is 12.1 Å². The van der Waals surface area contributed by atoms with Crippen LogP contribution in [0.15, 0.2) is 49.1 Å². The summed E-state index contributed by atoms with van der Waals surface area (Å²) in [7, 11) is 0. The number of amides is 1. The van der Waals surface area contributed by atoms with Crippen LogP contribution in [0.25, 0.3) is 11.8 Å². The van der Waals surface area contributed by atoms with Crippen molar-refractivity contribution in [3.05, 3.63) is 54.6 Å². The molecule has 0 N–H and O–H groups in total. The van der Waals surface area contributed by atoms with Gasteiger partial charge in [0.1, 0.15) is 13.1 Å². The molecule has 1 aromatic heterocycles. The molecule has 2 aromatic rings. The third-order valence-electron chi connectivity index (χ3n) is 2.95. The van der Waals surface area contributed by atoms with E-state index < -0.39 is 0 Å². The SMILES string of the molecule is N#CCN(CC#N)C(=O)/C=C/c1ccc(-n2ccnc2)cc1. The van der Waals surface area contributed by atoms with Gasteiger partial charge in [0.2, 0.25) is 5.91 Å². The number of aromatic nitrogens is 2. The molecule has 1 amide bonds. The molecular formula is C16H13N5O. The third-order valence-corrected chi connectivity index (χ3v) is 2.95. The van der Waals surface area contributed by atoms with Crippen molar-refractivity contribution in [3.8, 4) is 17.8 Å². The van der Waals surface area contributed by atoms with Crippen LogP contribution in [0, 0.1) is 22.7 Å². The molecule has 0 aliphatic heterocycles. The van der Waals surface area contributed by atoms with Gasteiger partial charge in [0, 0.05) is 24.2 Å². The minimum absolute atomic E-state index is 0.101. The number of benzene rings is 1. The standard InChI is InChI=1S/C16H13N5O/c17-7-10-20(11-8-18)16(22)6-3-14-1-4-15(5-2-14)21-12-9-19-13-21/h1-6,9,12-13H,10-11H2/b6-3+. The largest absolute Gasteiger partial charge is 0.313 e. The Morgan fingerprint density at radius 1 is 1.23 bits per heavy atom. The number of nitrogens with zero attached hydrogens (tertiary/aromatic N) is 5. The normalized spacial score (nSPS) is 10.1. The lowest BCUT2D eigenvalue weighted by Gasteiger charge is -2.12. The highest BCUT2D eigenvalue weighted by Crippen LogP contribution is 2.10. The van der Waals surface area contributed by atoms with E-state index in [9.17, 15) is 4.79 Å². The van der Waals surface area contributed by atoms with Gasteiger partial charge in [0.15, 0.2) is 0 Å². The Kier molecular flexibility index (Phi) is 5.06. The quantitative estimate of drug-likeness (QED) is 0.620. The number of carbonyl (C=O) groups excluding carboxylic acids is 1. The third kappa shape index (κ3) is 3.81. The summed E-state index contributed by atoms with van der Waals surface area (Å²) in [5.74, 6) is -0.359. The molecule has 0 atom stereocenters. The molecule has 6 heteroatoms. The Balaban J connectivity index is 2.05. The fourth-order valence-corrected chi connectivity index (χ4v) is 1.82. The second-order valence-electron chi connectivity index (χ2n) is 4.41. The van der Waals surface area contributed by atoms with Gasteiger partial charge in [-0.25, -0.2) is 4.98 Å². The molecule has 0 aliphatic carbocycles. The molecule has 0 unspecified atom stereocenters. The molecule has 0 saturated heterocycles. The van der Waals surface area contributed by atoms with Crippen molar-refractivity contribution in [1.82, 2.24) is 14.5 Å². The summed E-state index contributed by atoms with van der Waals surface area (Å²) in [6, 6.07) is 11.3. The number of nitriles is 2. The highest BCUT2D eigenvalue weighted by molar-refractivity contribution is 5.92. The Labute approximate surface area is 128 Å². The maximum Gasteiger partial charge on any atom is 0.248 e. The lowest BCUT2D eigenvalue weighted by molar-refractivity contribution is -0.124. The first-order valence-electron chi connectivity index (χ1n) is 6.54. The van der Waals surface area contributed by atoms with Crippen LogP contribution in [-0.4, -0.2) is 33.4 Å². The molecule has 1 heterocycles. The zero-order valence-corrected chi connectivity index (χ0v) is 11.8. The van der Waals surface area contributed by atoms with Crippen molar-refractivity contribution in [2.75, 3.05) is 13.1 Å². The Bertz CT molecular complexity index is 716. The Morgan fingerprint density at radius 3 is 2.45 bits per heavy atom. The van der Waals surface area contributed by atoms with Gasteiger partial charge in [-0.05, 0) is 23.8 Å². The average Bonchev–Trinajstić information content (AvgIpc) is 3.07. The molecule has 6 nitrogen and oxygen atoms in total. The van der Waals surface area contributed by atoms with Crippen LogP contribution >= 0.6 is 0 Å². The number of hydrogen-bond acceptors (Lipinski definition) is 4. The minimum Gasteiger partial charge on any atom is -0.313 e. The first-order valence-corrected chi connectivity index (χ1v) is 6.54. The van der Waals surface area contributed by atoms with E-state index in [1.54, 1.807) is 18.6 Å². The Hall–Kier alpha value is -3.38. The van der Waals surface area contributed by atoms with Crippen molar-refractivity contribution >= 4 is 12.0 Å². The van der Waals surface area contributed by atoms with Gasteiger partial charge in [-0.3, -0.25) is 4.79 Å². The molecule has 2 rings (SSSR count). The first kappa shape index (κ1) is 15.0. The molecule has 0 saturated carbocycles. The van der Waals surface area contributed by atoms with Crippen molar-refractivity contribution in [1.29, 1.82) is 10.5 Å². The predicted octanol–water partition coefficient (Wildman–Crippen LogP) is 1.76. The van der Waals surface area contributed by atoms with Crippen LogP contribution in [0.1, 0.15) is 5.56 Å². The van der Waals surface area contributed by atoms with Crippen molar-refractivity contribution in [3.63, 3.8) is 0 Å². The average molecular weight is 291 g/mol. The zero-order chi connectivity index (χ0) is 15.8. The summed E-state index contributed by atoms with van der Waals surface area (Å²) >= 11 is 0. The van der Waals surface area contributed by atoms with Crippen molar-refractivity contribution in [2.45, 2.75) is 0 Å². The van der Waals surface area contributed by atoms with Crippen molar-refractivity contribution < 1.29 is 4.79 Å². The maximum absolute atomic E-state index is 11.9. The number of imidazole rings is 1. The van der Waals surface area contributed by atoms with E-state index in [0.717, 1.165) is 11.3 Å². The second-order valence-corrected chi connectivity index (χ2v) is 4.41. The molecule has 0 spiro atoms. The van der Waals surface area contributed by atoms with Crippen LogP contribution in [0.4, 0.5) is 0 Å². The number of carbonyl (C=O) groups is 1. The summed E-state index contributed by atoms with van der Waals surface area (Å²) in [5.41, 5.74) is 1.82. The summed E-state index contributed by atoms with van der Waals surface area (Å²) in [6.45, 7) is -0.202. The van der Waals surface area contributed by atoms with Gasteiger partial charge >= 0.3 is 0 Å².